The molecule has 0 amide bonds. The van der Waals surface area contributed by atoms with Crippen LogP contribution in [0.4, 0.5) is 0 Å². The van der Waals surface area contributed by atoms with Crippen LogP contribution in [0.5, 0.6) is 0 Å². The highest BCUT2D eigenvalue weighted by Crippen LogP contribution is 2.27. The van der Waals surface area contributed by atoms with E-state index in [4.69, 9.17) is 4.42 Å². The molecule has 0 bridgehead atoms. The maximum Gasteiger partial charge on any atom is 0.135 e. The highest BCUT2D eigenvalue weighted by Gasteiger charge is 2.03. The Balaban J connectivity index is 0.000000611. The first-order valence-corrected chi connectivity index (χ1v) is 5.31. The maximum absolute atomic E-state index is 5.65. The van der Waals surface area contributed by atoms with Crippen LogP contribution in [0, 0.1) is 0 Å². The third-order valence-electron chi connectivity index (χ3n) is 2.28. The summed E-state index contributed by atoms with van der Waals surface area (Å²) in [6, 6.07) is 16.2. The first-order valence-electron chi connectivity index (χ1n) is 5.31. The van der Waals surface area contributed by atoms with Crippen molar-refractivity contribution in [2.75, 3.05) is 0 Å². The van der Waals surface area contributed by atoms with Crippen LogP contribution in [-0.4, -0.2) is 0 Å². The number of fused-ring (bicyclic) bond motifs is 3. The van der Waals surface area contributed by atoms with Crippen molar-refractivity contribution in [2.24, 2.45) is 0 Å². The molecule has 3 rings (SSSR count). The van der Waals surface area contributed by atoms with E-state index in [1.165, 1.54) is 10.8 Å². The van der Waals surface area contributed by atoms with Crippen LogP contribution in [0.3, 0.4) is 0 Å². The number of para-hydroxylation sites is 2. The summed E-state index contributed by atoms with van der Waals surface area (Å²) in [5.74, 6) is 0. The highest BCUT2D eigenvalue weighted by molar-refractivity contribution is 14.0. The van der Waals surface area contributed by atoms with Gasteiger partial charge in [0.25, 0.3) is 0 Å². The lowest BCUT2D eigenvalue weighted by molar-refractivity contribution is 0.669. The molecule has 1 heterocycles. The third-order valence-corrected chi connectivity index (χ3v) is 2.28. The van der Waals surface area contributed by atoms with Crippen molar-refractivity contribution in [3.8, 4) is 0 Å². The Morgan fingerprint density at radius 3 is 1.41 bits per heavy atom. The molecule has 0 N–H and O–H groups in total. The largest absolute Gasteiger partial charge is 0.456 e. The van der Waals surface area contributed by atoms with Crippen molar-refractivity contribution < 1.29 is 4.42 Å². The molecule has 1 nitrogen and oxygen atoms in total. The van der Waals surface area contributed by atoms with Crippen molar-refractivity contribution in [3.05, 3.63) is 48.5 Å². The molecule has 2 aromatic carbocycles. The molecule has 0 fully saturated rings. The van der Waals surface area contributed by atoms with Crippen molar-refractivity contribution in [1.29, 1.82) is 0 Å². The summed E-state index contributed by atoms with van der Waals surface area (Å²) in [5, 5.41) is 2.39. The van der Waals surface area contributed by atoms with Crippen LogP contribution >= 0.6 is 48.0 Å². The Morgan fingerprint density at radius 2 is 1.00 bits per heavy atom. The first-order chi connectivity index (χ1) is 7.45. The molecule has 0 unspecified atom stereocenters. The van der Waals surface area contributed by atoms with Crippen molar-refractivity contribution in [1.82, 2.24) is 0 Å². The van der Waals surface area contributed by atoms with Gasteiger partial charge in [-0.3, -0.25) is 0 Å². The summed E-state index contributed by atoms with van der Waals surface area (Å²) in [5.41, 5.74) is 1.92. The summed E-state index contributed by atoms with van der Waals surface area (Å²) in [6.45, 7) is 4.00. The van der Waals surface area contributed by atoms with Gasteiger partial charge in [-0.25, -0.2) is 0 Å². The lowest BCUT2D eigenvalue weighted by Gasteiger charge is -1.85. The average Bonchev–Trinajstić information content (AvgIpc) is 2.70. The molecule has 1 aromatic heterocycles. The molecular weight excluding hydrogens is 438 g/mol. The van der Waals surface area contributed by atoms with E-state index in [0.717, 1.165) is 11.2 Å². The van der Waals surface area contributed by atoms with Crippen LogP contribution in [0.2, 0.25) is 0 Å². The third kappa shape index (κ3) is 3.34. The monoisotopic (exact) mass is 454 g/mol. The van der Waals surface area contributed by atoms with Gasteiger partial charge < -0.3 is 4.42 Å². The summed E-state index contributed by atoms with van der Waals surface area (Å²) < 4.78 is 5.65. The van der Waals surface area contributed by atoms with Gasteiger partial charge in [0.2, 0.25) is 0 Å². The van der Waals surface area contributed by atoms with E-state index in [1.54, 1.807) is 0 Å². The molecule has 0 atom stereocenters. The van der Waals surface area contributed by atoms with Gasteiger partial charge in [-0.1, -0.05) is 50.2 Å². The summed E-state index contributed by atoms with van der Waals surface area (Å²) >= 11 is 0. The fourth-order valence-corrected chi connectivity index (χ4v) is 1.67. The van der Waals surface area contributed by atoms with E-state index < -0.39 is 0 Å². The maximum atomic E-state index is 5.65. The second-order valence-electron chi connectivity index (χ2n) is 3.09. The molecule has 0 spiro atoms. The van der Waals surface area contributed by atoms with Gasteiger partial charge >= 0.3 is 0 Å². The fraction of sp³-hybridized carbons (Fsp3) is 0.143. The predicted molar refractivity (Wildman–Crippen MR) is 95.9 cm³/mol. The van der Waals surface area contributed by atoms with E-state index in [0.29, 0.717) is 0 Å². The number of rotatable bonds is 0. The van der Waals surface area contributed by atoms with Crippen LogP contribution in [0.25, 0.3) is 21.9 Å². The molecule has 0 aliphatic rings. The highest BCUT2D eigenvalue weighted by atomic mass is 127. The molecule has 0 aliphatic heterocycles. The van der Waals surface area contributed by atoms with E-state index in [1.807, 2.05) is 50.2 Å². The zero-order chi connectivity index (χ0) is 10.7. The second kappa shape index (κ2) is 7.92. The molecule has 0 saturated heterocycles. The lowest BCUT2D eigenvalue weighted by Crippen LogP contribution is -1.62. The summed E-state index contributed by atoms with van der Waals surface area (Å²) in [6.07, 6.45) is 0. The van der Waals surface area contributed by atoms with Gasteiger partial charge in [-0.2, -0.15) is 0 Å². The minimum atomic E-state index is 0. The Hall–Kier alpha value is -0.300. The van der Waals surface area contributed by atoms with E-state index >= 15 is 0 Å². The number of hydrogen-bond acceptors (Lipinski definition) is 1. The van der Waals surface area contributed by atoms with Gasteiger partial charge in [0.15, 0.2) is 0 Å². The minimum absolute atomic E-state index is 0. The molecule has 3 heteroatoms. The fourth-order valence-electron chi connectivity index (χ4n) is 1.67. The molecule has 0 saturated carbocycles. The van der Waals surface area contributed by atoms with Crippen molar-refractivity contribution in [3.63, 3.8) is 0 Å². The van der Waals surface area contributed by atoms with Gasteiger partial charge in [-0.15, -0.1) is 48.0 Å². The van der Waals surface area contributed by atoms with E-state index in [-0.39, 0.29) is 48.0 Å². The Kier molecular flexibility index (Phi) is 7.78. The summed E-state index contributed by atoms with van der Waals surface area (Å²) in [4.78, 5) is 0. The molecule has 3 aromatic rings. The Labute approximate surface area is 136 Å². The molecule has 0 aliphatic carbocycles. The van der Waals surface area contributed by atoms with Crippen LogP contribution in [0.1, 0.15) is 13.8 Å². The predicted octanol–water partition coefficient (Wildman–Crippen LogP) is 5.85. The molecule has 0 radical (unpaired) electrons. The van der Waals surface area contributed by atoms with Gasteiger partial charge in [0.05, 0.1) is 0 Å². The van der Waals surface area contributed by atoms with Crippen LogP contribution < -0.4 is 0 Å². The SMILES string of the molecule is CC.I.I.c1ccc2c(c1)oc1ccccc12. The van der Waals surface area contributed by atoms with Crippen LogP contribution in [-0.2, 0) is 0 Å². The number of furan rings is 1. The number of halogens is 2. The standard InChI is InChI=1S/C12H8O.C2H6.2HI/c1-3-7-11-9(5-1)10-6-2-4-8-12(10)13-11;1-2;;/h1-8H;1-2H3;2*1H. The average molecular weight is 454 g/mol. The quantitative estimate of drug-likeness (QED) is 0.389. The van der Waals surface area contributed by atoms with Crippen molar-refractivity contribution in [2.45, 2.75) is 13.8 Å². The zero-order valence-electron chi connectivity index (χ0n) is 9.84. The number of hydrogen-bond donors (Lipinski definition) is 0. The Morgan fingerprint density at radius 1 is 0.647 bits per heavy atom. The van der Waals surface area contributed by atoms with Gasteiger partial charge in [-0.05, 0) is 12.1 Å². The van der Waals surface area contributed by atoms with Crippen molar-refractivity contribution >= 4 is 69.9 Å². The van der Waals surface area contributed by atoms with E-state index in [9.17, 15) is 0 Å². The Bertz CT molecular complexity index is 522. The smallest absolute Gasteiger partial charge is 0.135 e. The van der Waals surface area contributed by atoms with Gasteiger partial charge in [0.1, 0.15) is 11.2 Å². The molecular formula is C14H16I2O. The van der Waals surface area contributed by atoms with E-state index in [2.05, 4.69) is 12.1 Å². The van der Waals surface area contributed by atoms with Gasteiger partial charge in [0, 0.05) is 10.8 Å². The first kappa shape index (κ1) is 16.7. The number of benzene rings is 2. The molecule has 92 valence electrons. The van der Waals surface area contributed by atoms with Crippen LogP contribution in [0.15, 0.2) is 52.9 Å². The topological polar surface area (TPSA) is 13.1 Å². The second-order valence-corrected chi connectivity index (χ2v) is 3.09. The summed E-state index contributed by atoms with van der Waals surface area (Å²) in [7, 11) is 0. The lowest BCUT2D eigenvalue weighted by atomic mass is 10.2. The molecule has 17 heavy (non-hydrogen) atoms. The minimum Gasteiger partial charge on any atom is -0.456 e. The normalized spacial score (nSPS) is 8.82. The zero-order valence-corrected chi connectivity index (χ0v) is 14.5.